The lowest BCUT2D eigenvalue weighted by Gasteiger charge is -2.14. The number of carbonyl (C=O) groups excluding carboxylic acids is 1. The van der Waals surface area contributed by atoms with Crippen LogP contribution in [0.1, 0.15) is 31.2 Å². The lowest BCUT2D eigenvalue weighted by molar-refractivity contribution is -0.0446. The summed E-state index contributed by atoms with van der Waals surface area (Å²) in [6, 6.07) is 17.1. The Kier molecular flexibility index (Phi) is 8.76. The molecule has 1 N–H and O–H groups in total. The van der Waals surface area contributed by atoms with Crippen molar-refractivity contribution in [2.75, 3.05) is 14.2 Å². The first-order chi connectivity index (χ1) is 19.5. The molecule has 1 heterocycles. The highest BCUT2D eigenvalue weighted by molar-refractivity contribution is 7.90. The molecule has 0 bridgehead atoms. The molecule has 1 amide bonds. The van der Waals surface area contributed by atoms with Crippen molar-refractivity contribution < 1.29 is 40.6 Å². The van der Waals surface area contributed by atoms with Crippen LogP contribution >= 0.6 is 0 Å². The molecule has 218 valence electrons. The minimum Gasteiger partial charge on any atom is -0.493 e. The second-order valence-electron chi connectivity index (χ2n) is 9.05. The molecular weight excluding hydrogens is 563 g/mol. The van der Waals surface area contributed by atoms with Crippen LogP contribution in [0.25, 0.3) is 22.2 Å². The Morgan fingerprint density at radius 2 is 1.63 bits per heavy atom. The summed E-state index contributed by atoms with van der Waals surface area (Å²) in [5.74, 6) is 1.97. The normalized spacial score (nSPS) is 11.9. The van der Waals surface area contributed by atoms with Gasteiger partial charge in [-0.05, 0) is 23.6 Å². The molecule has 41 heavy (non-hydrogen) atoms. The lowest BCUT2D eigenvalue weighted by Crippen LogP contribution is -2.41. The SMILES string of the molecule is CCCCc1nc2cc(OC)c(OC)cc2n1Cc1ccc(-c2ccccc2OC(=O)NS(=O)(=O)C(F)(F)F)cc1. The van der Waals surface area contributed by atoms with Crippen molar-refractivity contribution in [1.82, 2.24) is 14.3 Å². The minimum absolute atomic E-state index is 0.112. The molecule has 0 saturated carbocycles. The fraction of sp³-hybridized carbons (Fsp3) is 0.286. The van der Waals surface area contributed by atoms with Gasteiger partial charge >= 0.3 is 21.6 Å². The number of aromatic nitrogens is 2. The van der Waals surface area contributed by atoms with Gasteiger partial charge < -0.3 is 18.8 Å². The van der Waals surface area contributed by atoms with Crippen LogP contribution in [0.5, 0.6) is 17.2 Å². The van der Waals surface area contributed by atoms with Gasteiger partial charge in [-0.25, -0.2) is 14.5 Å². The fourth-order valence-corrected chi connectivity index (χ4v) is 4.64. The predicted molar refractivity (Wildman–Crippen MR) is 147 cm³/mol. The number of unbranched alkanes of at least 4 members (excludes halogenated alkanes) is 1. The van der Waals surface area contributed by atoms with E-state index in [0.29, 0.717) is 29.2 Å². The zero-order chi connectivity index (χ0) is 29.8. The highest BCUT2D eigenvalue weighted by Crippen LogP contribution is 2.34. The van der Waals surface area contributed by atoms with Crippen LogP contribution in [0.2, 0.25) is 0 Å². The molecule has 0 aliphatic carbocycles. The maximum atomic E-state index is 12.6. The molecular formula is C28H28F3N3O6S. The highest BCUT2D eigenvalue weighted by Gasteiger charge is 2.47. The largest absolute Gasteiger partial charge is 0.516 e. The molecule has 0 aliphatic rings. The Morgan fingerprint density at radius 1 is 0.976 bits per heavy atom. The average Bonchev–Trinajstić information content (AvgIpc) is 3.26. The summed E-state index contributed by atoms with van der Waals surface area (Å²) in [4.78, 5) is 16.8. The number of amides is 1. The smallest absolute Gasteiger partial charge is 0.493 e. The zero-order valence-corrected chi connectivity index (χ0v) is 23.3. The Balaban J connectivity index is 1.61. The maximum Gasteiger partial charge on any atom is 0.516 e. The van der Waals surface area contributed by atoms with Crippen LogP contribution in [-0.4, -0.2) is 43.8 Å². The van der Waals surface area contributed by atoms with E-state index in [-0.39, 0.29) is 5.75 Å². The van der Waals surface area contributed by atoms with Gasteiger partial charge in [0.1, 0.15) is 11.6 Å². The number of benzene rings is 3. The molecule has 0 aliphatic heterocycles. The number of sulfonamides is 1. The van der Waals surface area contributed by atoms with Crippen molar-refractivity contribution in [3.8, 4) is 28.4 Å². The van der Waals surface area contributed by atoms with Crippen molar-refractivity contribution in [2.24, 2.45) is 0 Å². The van der Waals surface area contributed by atoms with Crippen LogP contribution in [0, 0.1) is 0 Å². The number of imidazole rings is 1. The maximum absolute atomic E-state index is 12.6. The summed E-state index contributed by atoms with van der Waals surface area (Å²) in [6.45, 7) is 2.61. The van der Waals surface area contributed by atoms with E-state index in [1.165, 1.54) is 12.1 Å². The number of hydrogen-bond acceptors (Lipinski definition) is 7. The molecule has 0 spiro atoms. The monoisotopic (exact) mass is 591 g/mol. The van der Waals surface area contributed by atoms with Crippen LogP contribution in [0.4, 0.5) is 18.0 Å². The number of hydrogen-bond donors (Lipinski definition) is 1. The van der Waals surface area contributed by atoms with Crippen molar-refractivity contribution in [3.63, 3.8) is 0 Å². The Labute approximate surface area is 234 Å². The van der Waals surface area contributed by atoms with Crippen molar-refractivity contribution in [2.45, 2.75) is 38.2 Å². The number of carbonyl (C=O) groups is 1. The highest BCUT2D eigenvalue weighted by atomic mass is 32.2. The predicted octanol–water partition coefficient (Wildman–Crippen LogP) is 6.05. The quantitative estimate of drug-likeness (QED) is 0.239. The molecule has 0 fully saturated rings. The van der Waals surface area contributed by atoms with Crippen LogP contribution in [0.3, 0.4) is 0 Å². The lowest BCUT2D eigenvalue weighted by atomic mass is 10.0. The number of nitrogens with one attached hydrogen (secondary N) is 1. The van der Waals surface area contributed by atoms with E-state index in [9.17, 15) is 26.4 Å². The van der Waals surface area contributed by atoms with E-state index in [1.54, 1.807) is 38.5 Å². The van der Waals surface area contributed by atoms with E-state index in [1.807, 2.05) is 24.3 Å². The van der Waals surface area contributed by atoms with E-state index >= 15 is 0 Å². The van der Waals surface area contributed by atoms with Crippen molar-refractivity contribution in [1.29, 1.82) is 0 Å². The number of nitrogens with zero attached hydrogens (tertiary/aromatic N) is 2. The summed E-state index contributed by atoms with van der Waals surface area (Å²) < 4.78 is 79.2. The Bertz CT molecular complexity index is 1650. The molecule has 0 unspecified atom stereocenters. The third-order valence-electron chi connectivity index (χ3n) is 6.30. The number of fused-ring (bicyclic) bond motifs is 1. The van der Waals surface area contributed by atoms with Crippen LogP contribution in [-0.2, 0) is 23.0 Å². The first-order valence-corrected chi connectivity index (χ1v) is 14.1. The summed E-state index contributed by atoms with van der Waals surface area (Å²) in [5, 5.41) is 0. The Hall–Kier alpha value is -4.26. The number of alkyl halides is 3. The molecule has 0 atom stereocenters. The second-order valence-corrected chi connectivity index (χ2v) is 10.7. The molecule has 0 radical (unpaired) electrons. The minimum atomic E-state index is -5.91. The van der Waals surface area contributed by atoms with E-state index in [4.69, 9.17) is 19.2 Å². The molecule has 3 aromatic carbocycles. The number of rotatable bonds is 10. The third-order valence-corrected chi connectivity index (χ3v) is 7.35. The van der Waals surface area contributed by atoms with E-state index in [0.717, 1.165) is 46.4 Å². The molecule has 13 heteroatoms. The third kappa shape index (κ3) is 6.56. The number of para-hydroxylation sites is 1. The first-order valence-electron chi connectivity index (χ1n) is 12.6. The molecule has 4 aromatic rings. The summed E-state index contributed by atoms with van der Waals surface area (Å²) in [6.07, 6.45) is 0.979. The standard InChI is InChI=1S/C28H28F3N3O6S/c1-4-5-10-26-32-21-15-24(38-2)25(39-3)16-22(21)34(26)17-18-11-13-19(14-12-18)20-8-6-7-9-23(20)40-27(35)33-41(36,37)28(29,30)31/h6-9,11-16H,4-5,10,17H2,1-3H3,(H,33,35). The molecule has 4 rings (SSSR count). The van der Waals surface area contributed by atoms with Gasteiger partial charge in [-0.2, -0.15) is 21.6 Å². The number of ether oxygens (including phenoxy) is 3. The van der Waals surface area contributed by atoms with Gasteiger partial charge in [0.15, 0.2) is 11.5 Å². The number of aryl methyl sites for hydroxylation is 1. The fourth-order valence-electron chi connectivity index (χ4n) is 4.26. The topological polar surface area (TPSA) is 109 Å². The van der Waals surface area contributed by atoms with Crippen molar-refractivity contribution >= 4 is 27.1 Å². The van der Waals surface area contributed by atoms with Gasteiger partial charge in [-0.1, -0.05) is 55.8 Å². The number of methoxy groups -OCH3 is 2. The van der Waals surface area contributed by atoms with E-state index < -0.39 is 21.6 Å². The average molecular weight is 592 g/mol. The summed E-state index contributed by atoms with van der Waals surface area (Å²) >= 11 is 0. The van der Waals surface area contributed by atoms with Gasteiger partial charge in [0.25, 0.3) is 0 Å². The Morgan fingerprint density at radius 3 is 2.27 bits per heavy atom. The first kappa shape index (κ1) is 29.7. The molecule has 9 nitrogen and oxygen atoms in total. The second kappa shape index (κ2) is 12.1. The van der Waals surface area contributed by atoms with Crippen LogP contribution < -0.4 is 18.9 Å². The number of halogens is 3. The zero-order valence-electron chi connectivity index (χ0n) is 22.5. The van der Waals surface area contributed by atoms with Gasteiger partial charge in [0, 0.05) is 30.7 Å². The van der Waals surface area contributed by atoms with Crippen molar-refractivity contribution in [3.05, 3.63) is 72.1 Å². The van der Waals surface area contributed by atoms with Crippen LogP contribution in [0.15, 0.2) is 60.7 Å². The van der Waals surface area contributed by atoms with E-state index in [2.05, 4.69) is 11.5 Å². The molecule has 0 saturated heterocycles. The van der Waals surface area contributed by atoms with Gasteiger partial charge in [0.2, 0.25) is 0 Å². The summed E-state index contributed by atoms with van der Waals surface area (Å²) in [7, 11) is -2.77. The summed E-state index contributed by atoms with van der Waals surface area (Å²) in [5.41, 5.74) is -2.07. The molecule has 1 aromatic heterocycles. The van der Waals surface area contributed by atoms with Gasteiger partial charge in [-0.3, -0.25) is 0 Å². The van der Waals surface area contributed by atoms with Gasteiger partial charge in [0.05, 0.1) is 25.3 Å². The van der Waals surface area contributed by atoms with Gasteiger partial charge in [-0.15, -0.1) is 0 Å².